The van der Waals surface area contributed by atoms with Crippen LogP contribution in [0.2, 0.25) is 5.02 Å². The minimum Gasteiger partial charge on any atom is -0.493 e. The second kappa shape index (κ2) is 13.4. The molecule has 1 aliphatic heterocycles. The number of amides is 1. The standard InChI is InChI=1S/C28H38ClN4O3/c1-6-23-19-32(18-22-10-8-9-15-30-22)26(33(23)7-2)17-31-25(34)14-11-20(3)16-21-12-13-24(35-4)28(36-5)27(21)29/h8-10,12-13,15,19-20,26H,6-7,11,14,16-18H2,1-5H3. The zero-order valence-electron chi connectivity index (χ0n) is 22.0. The molecule has 2 unspecified atom stereocenters. The third-order valence-corrected chi connectivity index (χ3v) is 7.03. The van der Waals surface area contributed by atoms with Crippen LogP contribution in [0.4, 0.5) is 0 Å². The van der Waals surface area contributed by atoms with Crippen molar-refractivity contribution in [2.45, 2.75) is 59.2 Å². The van der Waals surface area contributed by atoms with Crippen LogP contribution in [-0.4, -0.2) is 54.2 Å². The van der Waals surface area contributed by atoms with Crippen molar-refractivity contribution in [2.75, 3.05) is 27.3 Å². The number of benzene rings is 1. The molecule has 2 atom stereocenters. The Morgan fingerprint density at radius 2 is 2.00 bits per heavy atom. The van der Waals surface area contributed by atoms with Gasteiger partial charge in [-0.15, -0.1) is 0 Å². The molecule has 1 amide bonds. The number of nitrogens with zero attached hydrogens (tertiary/aromatic N) is 4. The number of methoxy groups -OCH3 is 2. The monoisotopic (exact) mass is 513 g/mol. The summed E-state index contributed by atoms with van der Waals surface area (Å²) in [6.07, 6.45) is 6.88. The van der Waals surface area contributed by atoms with Crippen LogP contribution in [0.3, 0.4) is 0 Å². The summed E-state index contributed by atoms with van der Waals surface area (Å²) in [6, 6.07) is 9.77. The molecule has 0 fully saturated rings. The lowest BCUT2D eigenvalue weighted by molar-refractivity contribution is -0.122. The Hall–Kier alpha value is -2.93. The van der Waals surface area contributed by atoms with Crippen molar-refractivity contribution in [3.8, 4) is 11.5 Å². The average Bonchev–Trinajstić information content (AvgIpc) is 3.23. The Bertz CT molecular complexity index is 1030. The number of carbonyl (C=O) groups excluding carboxylic acids is 1. The number of pyridine rings is 1. The van der Waals surface area contributed by atoms with Gasteiger partial charge in [0.25, 0.3) is 0 Å². The van der Waals surface area contributed by atoms with Gasteiger partial charge in [0.2, 0.25) is 5.91 Å². The molecule has 1 aromatic heterocycles. The van der Waals surface area contributed by atoms with Crippen molar-refractivity contribution in [1.29, 1.82) is 0 Å². The lowest BCUT2D eigenvalue weighted by atomic mass is 9.96. The summed E-state index contributed by atoms with van der Waals surface area (Å²) in [6.45, 7) is 8.43. The Morgan fingerprint density at radius 3 is 2.64 bits per heavy atom. The maximum absolute atomic E-state index is 12.7. The van der Waals surface area contributed by atoms with Gasteiger partial charge in [-0.1, -0.05) is 37.6 Å². The van der Waals surface area contributed by atoms with Gasteiger partial charge < -0.3 is 19.3 Å². The zero-order valence-corrected chi connectivity index (χ0v) is 22.8. The van der Waals surface area contributed by atoms with E-state index in [1.54, 1.807) is 14.2 Å². The van der Waals surface area contributed by atoms with Crippen molar-refractivity contribution in [1.82, 2.24) is 20.1 Å². The summed E-state index contributed by atoms with van der Waals surface area (Å²) in [5, 5.41) is 5.04. The number of hydrogen-bond donors (Lipinski definition) is 0. The van der Waals surface area contributed by atoms with Crippen LogP contribution >= 0.6 is 11.6 Å². The third kappa shape index (κ3) is 6.84. The van der Waals surface area contributed by atoms with E-state index in [1.165, 1.54) is 5.70 Å². The van der Waals surface area contributed by atoms with E-state index in [0.717, 1.165) is 37.1 Å². The van der Waals surface area contributed by atoms with Crippen molar-refractivity contribution in [3.05, 3.63) is 64.7 Å². The summed E-state index contributed by atoms with van der Waals surface area (Å²) in [7, 11) is 3.17. The third-order valence-electron chi connectivity index (χ3n) is 6.62. The molecule has 8 heteroatoms. The van der Waals surface area contributed by atoms with Gasteiger partial charge in [-0.3, -0.25) is 9.78 Å². The molecule has 1 radical (unpaired) electrons. The van der Waals surface area contributed by atoms with Crippen LogP contribution in [0.1, 0.15) is 51.3 Å². The van der Waals surface area contributed by atoms with E-state index in [0.29, 0.717) is 36.0 Å². The highest BCUT2D eigenvalue weighted by atomic mass is 35.5. The molecule has 0 spiro atoms. The van der Waals surface area contributed by atoms with Crippen molar-refractivity contribution < 1.29 is 14.3 Å². The Morgan fingerprint density at radius 1 is 1.19 bits per heavy atom. The number of rotatable bonds is 13. The van der Waals surface area contributed by atoms with E-state index < -0.39 is 0 Å². The average molecular weight is 514 g/mol. The molecule has 7 nitrogen and oxygen atoms in total. The number of hydrogen-bond acceptors (Lipinski definition) is 6. The first-order chi connectivity index (χ1) is 17.4. The van der Waals surface area contributed by atoms with Crippen LogP contribution in [0.15, 0.2) is 48.4 Å². The summed E-state index contributed by atoms with van der Waals surface area (Å²) in [5.74, 6) is 1.37. The van der Waals surface area contributed by atoms with E-state index in [4.69, 9.17) is 21.1 Å². The first kappa shape index (κ1) is 27.7. The maximum Gasteiger partial charge on any atom is 0.241 e. The van der Waals surface area contributed by atoms with Gasteiger partial charge in [0.1, 0.15) is 6.17 Å². The molecule has 3 rings (SSSR count). The number of carbonyl (C=O) groups is 1. The summed E-state index contributed by atoms with van der Waals surface area (Å²) in [4.78, 5) is 21.8. The zero-order chi connectivity index (χ0) is 26.1. The molecule has 36 heavy (non-hydrogen) atoms. The molecular formula is C28H38ClN4O3. The van der Waals surface area contributed by atoms with E-state index in [2.05, 4.69) is 47.1 Å². The van der Waals surface area contributed by atoms with E-state index >= 15 is 0 Å². The van der Waals surface area contributed by atoms with Gasteiger partial charge in [-0.25, -0.2) is 5.32 Å². The fourth-order valence-electron chi connectivity index (χ4n) is 4.66. The van der Waals surface area contributed by atoms with Gasteiger partial charge in [0.15, 0.2) is 11.5 Å². The molecule has 1 aromatic carbocycles. The van der Waals surface area contributed by atoms with Crippen molar-refractivity contribution in [3.63, 3.8) is 0 Å². The molecule has 2 aromatic rings. The lowest BCUT2D eigenvalue weighted by Crippen LogP contribution is -2.45. The van der Waals surface area contributed by atoms with Gasteiger partial charge in [0.05, 0.1) is 38.0 Å². The predicted octanol–water partition coefficient (Wildman–Crippen LogP) is 5.26. The molecule has 0 N–H and O–H groups in total. The van der Waals surface area contributed by atoms with Gasteiger partial charge in [0, 0.05) is 31.1 Å². The second-order valence-electron chi connectivity index (χ2n) is 9.09. The number of halogens is 1. The first-order valence-corrected chi connectivity index (χ1v) is 13.0. The van der Waals surface area contributed by atoms with Crippen LogP contribution in [-0.2, 0) is 17.8 Å². The van der Waals surface area contributed by atoms with E-state index in [1.807, 2.05) is 36.5 Å². The predicted molar refractivity (Wildman–Crippen MR) is 143 cm³/mol. The molecular weight excluding hydrogens is 476 g/mol. The largest absolute Gasteiger partial charge is 0.493 e. The molecule has 195 valence electrons. The highest BCUT2D eigenvalue weighted by Crippen LogP contribution is 2.38. The van der Waals surface area contributed by atoms with Crippen LogP contribution in [0.25, 0.3) is 0 Å². The Kier molecular flexibility index (Phi) is 10.3. The minimum absolute atomic E-state index is 0.0268. The van der Waals surface area contributed by atoms with Crippen molar-refractivity contribution in [2.24, 2.45) is 5.92 Å². The van der Waals surface area contributed by atoms with Crippen molar-refractivity contribution >= 4 is 17.5 Å². The SMILES string of the molecule is CCC1=CN(Cc2ccccn2)C(C[N]C(=O)CCC(C)Cc2ccc(OC)c(OC)c2Cl)N1CC. The highest BCUT2D eigenvalue weighted by molar-refractivity contribution is 6.33. The first-order valence-electron chi connectivity index (χ1n) is 12.6. The van der Waals surface area contributed by atoms with Crippen LogP contribution < -0.4 is 14.8 Å². The van der Waals surface area contributed by atoms with Gasteiger partial charge in [-0.2, -0.15) is 0 Å². The fraction of sp³-hybridized carbons (Fsp3) is 0.500. The Balaban J connectivity index is 1.54. The smallest absolute Gasteiger partial charge is 0.241 e. The maximum atomic E-state index is 12.7. The molecule has 0 saturated carbocycles. The van der Waals surface area contributed by atoms with E-state index in [-0.39, 0.29) is 18.0 Å². The van der Waals surface area contributed by atoms with Crippen LogP contribution in [0.5, 0.6) is 11.5 Å². The fourth-order valence-corrected chi connectivity index (χ4v) is 4.97. The summed E-state index contributed by atoms with van der Waals surface area (Å²) >= 11 is 6.54. The second-order valence-corrected chi connectivity index (χ2v) is 9.47. The number of likely N-dealkylation sites (N-methyl/N-ethyl adjacent to an activating group) is 1. The number of ether oxygens (including phenoxy) is 2. The lowest BCUT2D eigenvalue weighted by Gasteiger charge is -2.33. The number of aromatic nitrogens is 1. The Labute approximate surface area is 220 Å². The number of allylic oxidation sites excluding steroid dienone is 1. The van der Waals surface area contributed by atoms with Gasteiger partial charge >= 0.3 is 0 Å². The molecule has 0 bridgehead atoms. The molecule has 2 heterocycles. The normalized spacial score (nSPS) is 16.1. The topological polar surface area (TPSA) is 69.0 Å². The molecule has 0 saturated heterocycles. The highest BCUT2D eigenvalue weighted by Gasteiger charge is 2.31. The molecule has 0 aliphatic carbocycles. The summed E-state index contributed by atoms with van der Waals surface area (Å²) in [5.41, 5.74) is 3.25. The van der Waals surface area contributed by atoms with Gasteiger partial charge in [-0.05, 0) is 55.9 Å². The van der Waals surface area contributed by atoms with E-state index in [9.17, 15) is 4.79 Å². The van der Waals surface area contributed by atoms with Crippen LogP contribution in [0, 0.1) is 5.92 Å². The minimum atomic E-state index is -0.0564. The quantitative estimate of drug-likeness (QED) is 0.364. The molecule has 1 aliphatic rings. The summed E-state index contributed by atoms with van der Waals surface area (Å²) < 4.78 is 10.7.